The number of furan rings is 1. The summed E-state index contributed by atoms with van der Waals surface area (Å²) in [6, 6.07) is 62.8. The molecule has 0 radical (unpaired) electrons. The van der Waals surface area contributed by atoms with E-state index in [0.29, 0.717) is 17.5 Å². The number of rotatable bonds is 6. The molecule has 0 saturated heterocycles. The van der Waals surface area contributed by atoms with Gasteiger partial charge in [-0.15, -0.1) is 11.3 Å². The van der Waals surface area contributed by atoms with Crippen LogP contribution >= 0.6 is 11.3 Å². The Bertz CT molecular complexity index is 3170. The van der Waals surface area contributed by atoms with Gasteiger partial charge >= 0.3 is 0 Å². The molecule has 0 N–H and O–H groups in total. The molecule has 3 aromatic heterocycles. The van der Waals surface area contributed by atoms with Crippen LogP contribution in [0.3, 0.4) is 0 Å². The molecule has 0 bridgehead atoms. The minimum atomic E-state index is 0.631. The Hall–Kier alpha value is -7.28. The van der Waals surface area contributed by atoms with Crippen LogP contribution in [0.4, 0.5) is 0 Å². The first kappa shape index (κ1) is 32.2. The van der Waals surface area contributed by atoms with Crippen LogP contribution in [0.2, 0.25) is 0 Å². The van der Waals surface area contributed by atoms with Crippen molar-refractivity contribution in [1.29, 1.82) is 0 Å². The first-order valence-electron chi connectivity index (χ1n) is 18.5. The highest BCUT2D eigenvalue weighted by atomic mass is 32.1. The molecule has 0 spiro atoms. The summed E-state index contributed by atoms with van der Waals surface area (Å²) in [7, 11) is 0. The van der Waals surface area contributed by atoms with Crippen molar-refractivity contribution in [2.24, 2.45) is 0 Å². The van der Waals surface area contributed by atoms with Crippen LogP contribution in [-0.2, 0) is 0 Å². The van der Waals surface area contributed by atoms with Crippen molar-refractivity contribution in [1.82, 2.24) is 19.9 Å². The maximum atomic E-state index is 6.50. The Morgan fingerprint density at radius 2 is 0.982 bits per heavy atom. The van der Waals surface area contributed by atoms with Crippen LogP contribution in [-0.4, -0.2) is 19.9 Å². The van der Waals surface area contributed by atoms with Crippen LogP contribution in [0.5, 0.6) is 0 Å². The molecule has 11 rings (SSSR count). The number of aromatic nitrogens is 4. The van der Waals surface area contributed by atoms with Gasteiger partial charge in [0, 0.05) is 44.7 Å². The van der Waals surface area contributed by atoms with Gasteiger partial charge in [-0.1, -0.05) is 164 Å². The van der Waals surface area contributed by atoms with E-state index in [4.69, 9.17) is 24.4 Å². The molecule has 0 aliphatic carbocycles. The van der Waals surface area contributed by atoms with Gasteiger partial charge in [-0.25, -0.2) is 19.9 Å². The van der Waals surface area contributed by atoms with E-state index < -0.39 is 0 Å². The van der Waals surface area contributed by atoms with E-state index in [-0.39, 0.29) is 0 Å². The molecule has 0 saturated carbocycles. The molecule has 11 aromatic rings. The van der Waals surface area contributed by atoms with Crippen molar-refractivity contribution in [2.75, 3.05) is 0 Å². The highest BCUT2D eigenvalue weighted by Crippen LogP contribution is 2.46. The first-order valence-corrected chi connectivity index (χ1v) is 19.4. The zero-order chi connectivity index (χ0) is 37.0. The van der Waals surface area contributed by atoms with E-state index in [1.165, 1.54) is 11.1 Å². The normalized spacial score (nSPS) is 11.6. The fourth-order valence-electron chi connectivity index (χ4n) is 7.67. The van der Waals surface area contributed by atoms with Crippen molar-refractivity contribution < 1.29 is 4.42 Å². The average Bonchev–Trinajstić information content (AvgIpc) is 3.87. The van der Waals surface area contributed by atoms with Gasteiger partial charge in [0.1, 0.15) is 16.2 Å². The zero-order valence-corrected chi connectivity index (χ0v) is 30.7. The average molecular weight is 735 g/mol. The van der Waals surface area contributed by atoms with E-state index in [1.807, 2.05) is 78.9 Å². The Balaban J connectivity index is 1.08. The quantitative estimate of drug-likeness (QED) is 0.170. The van der Waals surface area contributed by atoms with Crippen molar-refractivity contribution >= 4 is 54.3 Å². The van der Waals surface area contributed by atoms with Crippen molar-refractivity contribution in [2.45, 2.75) is 0 Å². The maximum absolute atomic E-state index is 6.50. The number of thiazole rings is 1. The molecular weight excluding hydrogens is 705 g/mol. The van der Waals surface area contributed by atoms with Gasteiger partial charge in [-0.3, -0.25) is 0 Å². The summed E-state index contributed by atoms with van der Waals surface area (Å²) >= 11 is 1.72. The molecule has 6 heteroatoms. The minimum Gasteiger partial charge on any atom is -0.456 e. The predicted octanol–water partition coefficient (Wildman–Crippen LogP) is 13.5. The van der Waals surface area contributed by atoms with Crippen LogP contribution in [0.25, 0.3) is 110 Å². The third kappa shape index (κ3) is 5.54. The second-order valence-corrected chi connectivity index (χ2v) is 14.8. The number of benzene rings is 8. The van der Waals surface area contributed by atoms with E-state index >= 15 is 0 Å². The third-order valence-corrected chi connectivity index (χ3v) is 11.5. The number of hydrogen-bond donors (Lipinski definition) is 0. The fraction of sp³-hybridized carbons (Fsp3) is 0. The summed E-state index contributed by atoms with van der Waals surface area (Å²) in [5.74, 6) is 1.91. The second kappa shape index (κ2) is 13.2. The lowest BCUT2D eigenvalue weighted by Gasteiger charge is -2.12. The number of fused-ring (bicyclic) bond motifs is 5. The Labute approximate surface area is 326 Å². The van der Waals surface area contributed by atoms with E-state index in [0.717, 1.165) is 81.3 Å². The first-order chi connectivity index (χ1) is 27.7. The molecule has 0 unspecified atom stereocenters. The van der Waals surface area contributed by atoms with Gasteiger partial charge in [0.25, 0.3) is 0 Å². The van der Waals surface area contributed by atoms with Gasteiger partial charge in [0.2, 0.25) is 0 Å². The smallest absolute Gasteiger partial charge is 0.164 e. The summed E-state index contributed by atoms with van der Waals surface area (Å²) in [5, 5.41) is 5.30. The number of nitrogens with zero attached hydrogens (tertiary/aromatic N) is 4. The molecular formula is C50H30N4OS. The molecule has 0 aliphatic heterocycles. The van der Waals surface area contributed by atoms with Gasteiger partial charge in [-0.05, 0) is 39.6 Å². The Morgan fingerprint density at radius 3 is 1.70 bits per heavy atom. The number of para-hydroxylation sites is 1. The summed E-state index contributed by atoms with van der Waals surface area (Å²) in [6.45, 7) is 0. The summed E-state index contributed by atoms with van der Waals surface area (Å²) in [6.07, 6.45) is 0. The van der Waals surface area contributed by atoms with Gasteiger partial charge in [0.05, 0.1) is 10.2 Å². The molecule has 5 nitrogen and oxygen atoms in total. The third-order valence-electron chi connectivity index (χ3n) is 10.4. The van der Waals surface area contributed by atoms with Crippen molar-refractivity contribution in [3.8, 4) is 67.0 Å². The van der Waals surface area contributed by atoms with Gasteiger partial charge in [-0.2, -0.15) is 0 Å². The lowest BCUT2D eigenvalue weighted by molar-refractivity contribution is 0.669. The molecule has 56 heavy (non-hydrogen) atoms. The molecule has 262 valence electrons. The standard InChI is InChI=1S/C50H30N4OS/c1-4-13-31(14-5-1)32-23-25-35(26-24-32)50-51-41-30-43-45(40-20-10-11-22-42(40)55-43)44(46(41)56-50)37-27-28-38-36(29-37)19-12-21-39(38)49-53-47(33-15-6-2-7-16-33)52-48(54-49)34-17-8-3-9-18-34/h1-30H. The highest BCUT2D eigenvalue weighted by molar-refractivity contribution is 7.22. The van der Waals surface area contributed by atoms with Gasteiger partial charge in [0.15, 0.2) is 17.5 Å². The fourth-order valence-corrected chi connectivity index (χ4v) is 8.79. The number of hydrogen-bond acceptors (Lipinski definition) is 6. The molecule has 0 amide bonds. The summed E-state index contributed by atoms with van der Waals surface area (Å²) in [5.41, 5.74) is 11.1. The minimum absolute atomic E-state index is 0.631. The molecule has 0 aliphatic rings. The van der Waals surface area contributed by atoms with Crippen LogP contribution in [0.1, 0.15) is 0 Å². The van der Waals surface area contributed by atoms with Gasteiger partial charge < -0.3 is 4.42 Å². The largest absolute Gasteiger partial charge is 0.456 e. The topological polar surface area (TPSA) is 64.7 Å². The molecule has 0 fully saturated rings. The Kier molecular flexibility index (Phi) is 7.60. The zero-order valence-electron chi connectivity index (χ0n) is 29.9. The SMILES string of the molecule is c1ccc(-c2ccc(-c3nc4cc5oc6ccccc6c5c(-c5ccc6c(-c7nc(-c8ccccc8)nc(-c8ccccc8)n7)cccc6c5)c4s3)cc2)cc1. The summed E-state index contributed by atoms with van der Waals surface area (Å²) < 4.78 is 7.63. The van der Waals surface area contributed by atoms with Crippen LogP contribution in [0.15, 0.2) is 186 Å². The van der Waals surface area contributed by atoms with E-state index in [2.05, 4.69) is 103 Å². The molecule has 0 atom stereocenters. The van der Waals surface area contributed by atoms with Crippen molar-refractivity contribution in [3.63, 3.8) is 0 Å². The predicted molar refractivity (Wildman–Crippen MR) is 230 cm³/mol. The lowest BCUT2D eigenvalue weighted by Crippen LogP contribution is -2.00. The van der Waals surface area contributed by atoms with Crippen LogP contribution in [0, 0.1) is 0 Å². The lowest BCUT2D eigenvalue weighted by atomic mass is 9.95. The Morgan fingerprint density at radius 1 is 0.393 bits per heavy atom. The monoisotopic (exact) mass is 734 g/mol. The van der Waals surface area contributed by atoms with E-state index in [1.54, 1.807) is 11.3 Å². The molecule has 8 aromatic carbocycles. The summed E-state index contributed by atoms with van der Waals surface area (Å²) in [4.78, 5) is 20.2. The highest BCUT2D eigenvalue weighted by Gasteiger charge is 2.21. The molecule has 3 heterocycles. The van der Waals surface area contributed by atoms with Crippen LogP contribution < -0.4 is 0 Å². The maximum Gasteiger partial charge on any atom is 0.164 e. The van der Waals surface area contributed by atoms with Crippen molar-refractivity contribution in [3.05, 3.63) is 182 Å². The van der Waals surface area contributed by atoms with E-state index in [9.17, 15) is 0 Å². The second-order valence-electron chi connectivity index (χ2n) is 13.8.